The topological polar surface area (TPSA) is 12.9 Å². The fourth-order valence-electron chi connectivity index (χ4n) is 1.53. The minimum atomic E-state index is -1.90. The Hall–Kier alpha value is -0.571. The van der Waals surface area contributed by atoms with Crippen LogP contribution in [-0.2, 0) is 0 Å². The van der Waals surface area contributed by atoms with Gasteiger partial charge in [-0.2, -0.15) is 0 Å². The molecule has 2 rings (SSSR count). The number of nitrogens with zero attached hydrogens (tertiary/aromatic N) is 1. The number of hydrogen-bond donors (Lipinski definition) is 0. The Morgan fingerprint density at radius 1 is 1.07 bits per heavy atom. The number of hydrogen-bond acceptors (Lipinski definition) is 1. The van der Waals surface area contributed by atoms with Crippen LogP contribution in [0.25, 0.3) is 10.9 Å². The SMILES string of the molecule is [CH3][Sn]([CH3])([CH3])[c]1ccc2cccnc2c1. The molecule has 1 heterocycles. The van der Waals surface area contributed by atoms with E-state index in [-0.39, 0.29) is 0 Å². The average molecular weight is 292 g/mol. The first-order valence-electron chi connectivity index (χ1n) is 4.93. The van der Waals surface area contributed by atoms with E-state index in [1.807, 2.05) is 12.3 Å². The summed E-state index contributed by atoms with van der Waals surface area (Å²) in [6, 6.07) is 10.8. The summed E-state index contributed by atoms with van der Waals surface area (Å²) in [5, 5.41) is 1.24. The molecule has 1 aromatic carbocycles. The van der Waals surface area contributed by atoms with Crippen LogP contribution in [-0.4, -0.2) is 23.4 Å². The number of aromatic nitrogens is 1. The molecule has 0 amide bonds. The van der Waals surface area contributed by atoms with Crippen molar-refractivity contribution in [3.8, 4) is 0 Å². The Morgan fingerprint density at radius 3 is 2.57 bits per heavy atom. The Balaban J connectivity index is 2.63. The molecule has 0 saturated heterocycles. The summed E-state index contributed by atoms with van der Waals surface area (Å²) in [7, 11) is 0. The fourth-order valence-corrected chi connectivity index (χ4v) is 4.82. The van der Waals surface area contributed by atoms with Crippen LogP contribution in [0.4, 0.5) is 0 Å². The second kappa shape index (κ2) is 3.54. The van der Waals surface area contributed by atoms with Crippen molar-refractivity contribution in [3.63, 3.8) is 0 Å². The van der Waals surface area contributed by atoms with Crippen LogP contribution in [0.15, 0.2) is 36.5 Å². The molecule has 0 radical (unpaired) electrons. The summed E-state index contributed by atoms with van der Waals surface area (Å²) in [6.07, 6.45) is 1.87. The van der Waals surface area contributed by atoms with Gasteiger partial charge in [-0.3, -0.25) is 0 Å². The normalized spacial score (nSPS) is 11.9. The van der Waals surface area contributed by atoms with Gasteiger partial charge >= 0.3 is 89.2 Å². The van der Waals surface area contributed by atoms with Crippen molar-refractivity contribution in [2.24, 2.45) is 0 Å². The molecule has 0 saturated carbocycles. The minimum absolute atomic E-state index is 1.14. The van der Waals surface area contributed by atoms with Crippen LogP contribution < -0.4 is 3.58 Å². The molecule has 1 nitrogen and oxygen atoms in total. The quantitative estimate of drug-likeness (QED) is 0.736. The molecular formula is C12H15NSn. The fraction of sp³-hybridized carbons (Fsp3) is 0.250. The third-order valence-corrected chi connectivity index (χ3v) is 8.30. The molecule has 0 aliphatic rings. The molecule has 0 bridgehead atoms. The van der Waals surface area contributed by atoms with E-state index in [0.29, 0.717) is 0 Å². The standard InChI is InChI=1S/C9H6N.3CH3.Sn/c1-2-6-9-8(4-1)5-3-7-10-9;;;;/h1,3-7H;3*1H3;. The summed E-state index contributed by atoms with van der Waals surface area (Å²) in [6.45, 7) is 0. The Kier molecular flexibility index (Phi) is 2.52. The van der Waals surface area contributed by atoms with E-state index in [9.17, 15) is 0 Å². The third-order valence-electron chi connectivity index (χ3n) is 2.47. The van der Waals surface area contributed by atoms with E-state index in [2.05, 4.69) is 44.1 Å². The van der Waals surface area contributed by atoms with Crippen molar-refractivity contribution in [2.75, 3.05) is 0 Å². The molecule has 2 aromatic rings. The zero-order valence-corrected chi connectivity index (χ0v) is 11.8. The number of rotatable bonds is 1. The van der Waals surface area contributed by atoms with Gasteiger partial charge in [-0.25, -0.2) is 0 Å². The van der Waals surface area contributed by atoms with E-state index in [0.717, 1.165) is 5.52 Å². The summed E-state index contributed by atoms with van der Waals surface area (Å²) in [5.74, 6) is 0. The van der Waals surface area contributed by atoms with Gasteiger partial charge in [0.1, 0.15) is 0 Å². The predicted molar refractivity (Wildman–Crippen MR) is 64.7 cm³/mol. The second-order valence-corrected chi connectivity index (χ2v) is 19.2. The van der Waals surface area contributed by atoms with E-state index in [1.165, 1.54) is 5.39 Å². The van der Waals surface area contributed by atoms with E-state index < -0.39 is 18.4 Å². The van der Waals surface area contributed by atoms with E-state index >= 15 is 0 Å². The molecule has 0 unspecified atom stereocenters. The Labute approximate surface area is 89.0 Å². The summed E-state index contributed by atoms with van der Waals surface area (Å²) >= 11 is -1.90. The van der Waals surface area contributed by atoms with Gasteiger partial charge in [-0.15, -0.1) is 0 Å². The summed E-state index contributed by atoms with van der Waals surface area (Å²) in [4.78, 5) is 11.7. The molecule has 0 spiro atoms. The first-order chi connectivity index (χ1) is 6.57. The summed E-state index contributed by atoms with van der Waals surface area (Å²) < 4.78 is 1.55. The van der Waals surface area contributed by atoms with Crippen LogP contribution in [0.1, 0.15) is 0 Å². The molecule has 72 valence electrons. The molecule has 0 atom stereocenters. The van der Waals surface area contributed by atoms with Crippen molar-refractivity contribution in [1.29, 1.82) is 0 Å². The van der Waals surface area contributed by atoms with E-state index in [1.54, 1.807) is 3.58 Å². The maximum absolute atomic E-state index is 4.39. The molecule has 14 heavy (non-hydrogen) atoms. The van der Waals surface area contributed by atoms with Crippen molar-refractivity contribution < 1.29 is 0 Å². The Bertz CT molecular complexity index is 457. The second-order valence-electron chi connectivity index (χ2n) is 4.66. The zero-order valence-electron chi connectivity index (χ0n) is 8.91. The number of benzene rings is 1. The van der Waals surface area contributed by atoms with Crippen molar-refractivity contribution >= 4 is 32.9 Å². The van der Waals surface area contributed by atoms with Crippen LogP contribution in [0.3, 0.4) is 0 Å². The van der Waals surface area contributed by atoms with Gasteiger partial charge in [-0.1, -0.05) is 0 Å². The van der Waals surface area contributed by atoms with Crippen molar-refractivity contribution in [3.05, 3.63) is 36.5 Å². The number of fused-ring (bicyclic) bond motifs is 1. The molecule has 1 aromatic heterocycles. The number of pyridine rings is 1. The maximum atomic E-state index is 4.39. The van der Waals surface area contributed by atoms with Crippen molar-refractivity contribution in [2.45, 2.75) is 14.8 Å². The monoisotopic (exact) mass is 293 g/mol. The van der Waals surface area contributed by atoms with Gasteiger partial charge in [0.2, 0.25) is 0 Å². The van der Waals surface area contributed by atoms with Gasteiger partial charge in [0.15, 0.2) is 0 Å². The molecule has 0 fully saturated rings. The average Bonchev–Trinajstić information content (AvgIpc) is 2.16. The first kappa shape index (κ1) is 9.96. The van der Waals surface area contributed by atoms with Crippen LogP contribution in [0.2, 0.25) is 14.8 Å². The van der Waals surface area contributed by atoms with Gasteiger partial charge in [0, 0.05) is 0 Å². The van der Waals surface area contributed by atoms with Crippen molar-refractivity contribution in [1.82, 2.24) is 4.98 Å². The molecule has 0 aliphatic carbocycles. The zero-order chi connectivity index (χ0) is 10.2. The molecular weight excluding hydrogens is 277 g/mol. The molecule has 0 aliphatic heterocycles. The van der Waals surface area contributed by atoms with Crippen LogP contribution >= 0.6 is 0 Å². The van der Waals surface area contributed by atoms with Gasteiger partial charge in [0.05, 0.1) is 0 Å². The van der Waals surface area contributed by atoms with Crippen LogP contribution in [0, 0.1) is 0 Å². The van der Waals surface area contributed by atoms with Gasteiger partial charge < -0.3 is 0 Å². The van der Waals surface area contributed by atoms with Gasteiger partial charge in [0.25, 0.3) is 0 Å². The molecule has 2 heteroatoms. The third kappa shape index (κ3) is 1.92. The first-order valence-corrected chi connectivity index (χ1v) is 14.9. The van der Waals surface area contributed by atoms with Crippen LogP contribution in [0.5, 0.6) is 0 Å². The van der Waals surface area contributed by atoms with E-state index in [4.69, 9.17) is 0 Å². The summed E-state index contributed by atoms with van der Waals surface area (Å²) in [5.41, 5.74) is 1.14. The predicted octanol–water partition coefficient (Wildman–Crippen LogP) is 2.78. The van der Waals surface area contributed by atoms with Gasteiger partial charge in [-0.05, 0) is 0 Å². The molecule has 0 N–H and O–H groups in total. The Morgan fingerprint density at radius 2 is 1.86 bits per heavy atom.